The van der Waals surface area contributed by atoms with Crippen molar-refractivity contribution in [3.63, 3.8) is 0 Å². The average Bonchev–Trinajstić information content (AvgIpc) is 2.96. The van der Waals surface area contributed by atoms with Gasteiger partial charge >= 0.3 is 0 Å². The second kappa shape index (κ2) is 7.43. The number of nitrogens with one attached hydrogen (secondary N) is 1. The van der Waals surface area contributed by atoms with Crippen molar-refractivity contribution in [1.82, 2.24) is 10.2 Å². The van der Waals surface area contributed by atoms with Crippen LogP contribution in [0.25, 0.3) is 0 Å². The Labute approximate surface area is 130 Å². The predicted octanol–water partition coefficient (Wildman–Crippen LogP) is 3.04. The summed E-state index contributed by atoms with van der Waals surface area (Å²) >= 11 is 0. The number of ether oxygens (including phenoxy) is 1. The van der Waals surface area contributed by atoms with Gasteiger partial charge in [0.15, 0.2) is 0 Å². The van der Waals surface area contributed by atoms with Gasteiger partial charge in [-0.15, -0.1) is 0 Å². The van der Waals surface area contributed by atoms with E-state index in [0.717, 1.165) is 37.1 Å². The van der Waals surface area contributed by atoms with Crippen LogP contribution in [-0.4, -0.2) is 49.3 Å². The van der Waals surface area contributed by atoms with Crippen LogP contribution in [0.1, 0.15) is 58.8 Å². The molecule has 0 bridgehead atoms. The largest absolute Gasteiger partial charge is 0.375 e. The Balaban J connectivity index is 1.59. The molecule has 3 fully saturated rings. The van der Waals surface area contributed by atoms with E-state index in [2.05, 4.69) is 24.1 Å². The van der Waals surface area contributed by atoms with Gasteiger partial charge in [-0.1, -0.05) is 13.8 Å². The lowest BCUT2D eigenvalue weighted by molar-refractivity contribution is -0.0641. The predicted molar refractivity (Wildman–Crippen MR) is 87.5 cm³/mol. The Morgan fingerprint density at radius 2 is 2.10 bits per heavy atom. The lowest BCUT2D eigenvalue weighted by Crippen LogP contribution is -2.53. The van der Waals surface area contributed by atoms with Crippen molar-refractivity contribution in [1.29, 1.82) is 0 Å². The number of hydrogen-bond donors (Lipinski definition) is 1. The molecule has 0 aromatic rings. The smallest absolute Gasteiger partial charge is 0.0730 e. The molecule has 3 aliphatic rings. The quantitative estimate of drug-likeness (QED) is 0.843. The lowest BCUT2D eigenvalue weighted by atomic mass is 9.78. The van der Waals surface area contributed by atoms with E-state index < -0.39 is 0 Å². The molecule has 3 nitrogen and oxygen atoms in total. The molecular weight excluding hydrogens is 260 g/mol. The number of nitrogens with zero attached hydrogens (tertiary/aromatic N) is 1. The molecule has 122 valence electrons. The molecule has 5 unspecified atom stereocenters. The lowest BCUT2D eigenvalue weighted by Gasteiger charge is -2.43. The van der Waals surface area contributed by atoms with Gasteiger partial charge in [-0.05, 0) is 63.3 Å². The van der Waals surface area contributed by atoms with E-state index in [0.29, 0.717) is 6.10 Å². The first-order valence-corrected chi connectivity index (χ1v) is 9.37. The van der Waals surface area contributed by atoms with Crippen molar-refractivity contribution < 1.29 is 4.74 Å². The van der Waals surface area contributed by atoms with Crippen LogP contribution >= 0.6 is 0 Å². The van der Waals surface area contributed by atoms with Gasteiger partial charge in [-0.3, -0.25) is 4.90 Å². The highest BCUT2D eigenvalue weighted by atomic mass is 16.5. The summed E-state index contributed by atoms with van der Waals surface area (Å²) in [5.74, 6) is 1.76. The number of rotatable bonds is 5. The fraction of sp³-hybridized carbons (Fsp3) is 1.00. The van der Waals surface area contributed by atoms with Gasteiger partial charge in [0.25, 0.3) is 0 Å². The first kappa shape index (κ1) is 15.8. The molecule has 0 amide bonds. The highest BCUT2D eigenvalue weighted by Gasteiger charge is 2.38. The van der Waals surface area contributed by atoms with Crippen LogP contribution in [0.4, 0.5) is 0 Å². The number of hydrogen-bond acceptors (Lipinski definition) is 3. The summed E-state index contributed by atoms with van der Waals surface area (Å²) in [6.45, 7) is 9.32. The van der Waals surface area contributed by atoms with Crippen molar-refractivity contribution in [2.24, 2.45) is 11.8 Å². The Morgan fingerprint density at radius 3 is 2.95 bits per heavy atom. The monoisotopic (exact) mass is 294 g/mol. The van der Waals surface area contributed by atoms with Crippen molar-refractivity contribution in [2.75, 3.05) is 26.2 Å². The van der Waals surface area contributed by atoms with Crippen LogP contribution in [0.15, 0.2) is 0 Å². The van der Waals surface area contributed by atoms with Gasteiger partial charge in [-0.25, -0.2) is 0 Å². The summed E-state index contributed by atoms with van der Waals surface area (Å²) in [6, 6.07) is 1.48. The SMILES string of the molecule is CCCNC1CCC(C)CC1CN1CCOC2CCCC21. The summed E-state index contributed by atoms with van der Waals surface area (Å²) in [5, 5.41) is 3.83. The van der Waals surface area contributed by atoms with Crippen LogP contribution in [0, 0.1) is 11.8 Å². The normalized spacial score (nSPS) is 41.1. The molecule has 1 N–H and O–H groups in total. The fourth-order valence-electron chi connectivity index (χ4n) is 4.83. The molecule has 0 radical (unpaired) electrons. The third-order valence-electron chi connectivity index (χ3n) is 5.97. The second-order valence-electron chi connectivity index (χ2n) is 7.64. The molecule has 0 aromatic heterocycles. The van der Waals surface area contributed by atoms with Crippen molar-refractivity contribution >= 4 is 0 Å². The second-order valence-corrected chi connectivity index (χ2v) is 7.64. The summed E-state index contributed by atoms with van der Waals surface area (Å²) in [5.41, 5.74) is 0. The van der Waals surface area contributed by atoms with E-state index in [1.165, 1.54) is 58.0 Å². The summed E-state index contributed by atoms with van der Waals surface area (Å²) in [6.07, 6.45) is 10.0. The van der Waals surface area contributed by atoms with E-state index >= 15 is 0 Å². The Kier molecular flexibility index (Phi) is 5.58. The van der Waals surface area contributed by atoms with E-state index in [1.807, 2.05) is 0 Å². The van der Waals surface area contributed by atoms with Crippen LogP contribution in [0.3, 0.4) is 0 Å². The summed E-state index contributed by atoms with van der Waals surface area (Å²) < 4.78 is 5.98. The van der Waals surface area contributed by atoms with Crippen molar-refractivity contribution in [3.05, 3.63) is 0 Å². The Morgan fingerprint density at radius 1 is 1.19 bits per heavy atom. The zero-order valence-electron chi connectivity index (χ0n) is 14.0. The summed E-state index contributed by atoms with van der Waals surface area (Å²) in [4.78, 5) is 2.78. The Hall–Kier alpha value is -0.120. The zero-order valence-corrected chi connectivity index (χ0v) is 14.0. The van der Waals surface area contributed by atoms with Crippen LogP contribution in [-0.2, 0) is 4.74 Å². The van der Waals surface area contributed by atoms with Gasteiger partial charge < -0.3 is 10.1 Å². The minimum Gasteiger partial charge on any atom is -0.375 e. The maximum Gasteiger partial charge on any atom is 0.0730 e. The van der Waals surface area contributed by atoms with E-state index in [1.54, 1.807) is 0 Å². The molecule has 5 atom stereocenters. The van der Waals surface area contributed by atoms with Crippen molar-refractivity contribution in [2.45, 2.75) is 77.0 Å². The molecule has 1 heterocycles. The topological polar surface area (TPSA) is 24.5 Å². The molecule has 3 heteroatoms. The first-order valence-electron chi connectivity index (χ1n) is 9.37. The molecule has 0 spiro atoms. The van der Waals surface area contributed by atoms with Crippen LogP contribution in [0.2, 0.25) is 0 Å². The van der Waals surface area contributed by atoms with E-state index in [4.69, 9.17) is 4.74 Å². The highest BCUT2D eigenvalue weighted by molar-refractivity contribution is 4.93. The first-order chi connectivity index (χ1) is 10.3. The maximum atomic E-state index is 5.98. The molecule has 2 aliphatic carbocycles. The standard InChI is InChI=1S/C18H34N2O/c1-3-9-19-16-8-7-14(2)12-15(16)13-20-10-11-21-18-6-4-5-17(18)20/h14-19H,3-13H2,1-2H3. The average molecular weight is 294 g/mol. The molecule has 1 aliphatic heterocycles. The maximum absolute atomic E-state index is 5.98. The Bertz CT molecular complexity index is 320. The zero-order chi connectivity index (χ0) is 14.7. The molecule has 21 heavy (non-hydrogen) atoms. The number of fused-ring (bicyclic) bond motifs is 1. The highest BCUT2D eigenvalue weighted by Crippen LogP contribution is 2.34. The minimum absolute atomic E-state index is 0.543. The minimum atomic E-state index is 0.543. The molecule has 0 aromatic carbocycles. The van der Waals surface area contributed by atoms with E-state index in [-0.39, 0.29) is 0 Å². The summed E-state index contributed by atoms with van der Waals surface area (Å²) in [7, 11) is 0. The van der Waals surface area contributed by atoms with Crippen LogP contribution < -0.4 is 5.32 Å². The molecule has 3 rings (SSSR count). The van der Waals surface area contributed by atoms with Gasteiger partial charge in [0.2, 0.25) is 0 Å². The fourth-order valence-corrected chi connectivity index (χ4v) is 4.83. The molecular formula is C18H34N2O. The third kappa shape index (κ3) is 3.80. The number of morpholine rings is 1. The van der Waals surface area contributed by atoms with Gasteiger partial charge in [-0.2, -0.15) is 0 Å². The van der Waals surface area contributed by atoms with Gasteiger partial charge in [0.1, 0.15) is 0 Å². The third-order valence-corrected chi connectivity index (χ3v) is 5.97. The molecule has 2 saturated carbocycles. The van der Waals surface area contributed by atoms with Crippen LogP contribution in [0.5, 0.6) is 0 Å². The van der Waals surface area contributed by atoms with Gasteiger partial charge in [0.05, 0.1) is 12.7 Å². The van der Waals surface area contributed by atoms with Gasteiger partial charge in [0, 0.05) is 25.2 Å². The van der Waals surface area contributed by atoms with Crippen molar-refractivity contribution in [3.8, 4) is 0 Å². The molecule has 1 saturated heterocycles. The van der Waals surface area contributed by atoms with E-state index in [9.17, 15) is 0 Å².